The van der Waals surface area contributed by atoms with Crippen LogP contribution in [0.2, 0.25) is 0 Å². The zero-order chi connectivity index (χ0) is 13.1. The molecule has 0 aromatic carbocycles. The van der Waals surface area contributed by atoms with Crippen molar-refractivity contribution in [2.24, 2.45) is 11.8 Å². The highest BCUT2D eigenvalue weighted by atomic mass is 16.3. The average Bonchev–Trinajstić information content (AvgIpc) is 2.62. The molecule has 1 N–H and O–H groups in total. The maximum Gasteiger partial charge on any atom is 0.141 e. The summed E-state index contributed by atoms with van der Waals surface area (Å²) in [5.74, 6) is 2.26. The highest BCUT2D eigenvalue weighted by Gasteiger charge is 2.28. The Morgan fingerprint density at radius 1 is 1.50 bits per heavy atom. The van der Waals surface area contributed by atoms with E-state index >= 15 is 0 Å². The molecular formula is C13H24N4O. The largest absolute Gasteiger partial charge is 0.393 e. The van der Waals surface area contributed by atoms with Crippen LogP contribution in [0.3, 0.4) is 0 Å². The van der Waals surface area contributed by atoms with E-state index in [2.05, 4.69) is 35.9 Å². The molecule has 1 aromatic rings. The van der Waals surface area contributed by atoms with Crippen LogP contribution >= 0.6 is 0 Å². The van der Waals surface area contributed by atoms with E-state index in [4.69, 9.17) is 0 Å². The Labute approximate surface area is 109 Å². The summed E-state index contributed by atoms with van der Waals surface area (Å²) in [5.41, 5.74) is 0. The second-order valence-corrected chi connectivity index (χ2v) is 5.94. The number of hydrogen-bond donors (Lipinski definition) is 1. The lowest BCUT2D eigenvalue weighted by Crippen LogP contribution is -2.37. The first-order valence-electron chi connectivity index (χ1n) is 6.78. The SMILES string of the molecule is CC(C)Cn1ncnc1CN(C)CC1CC(O)C1. The van der Waals surface area contributed by atoms with Crippen molar-refractivity contribution in [1.29, 1.82) is 0 Å². The number of aliphatic hydroxyl groups excluding tert-OH is 1. The molecule has 1 heterocycles. The summed E-state index contributed by atoms with van der Waals surface area (Å²) in [6.45, 7) is 7.16. The van der Waals surface area contributed by atoms with Crippen molar-refractivity contribution in [2.75, 3.05) is 13.6 Å². The van der Waals surface area contributed by atoms with Crippen molar-refractivity contribution in [3.63, 3.8) is 0 Å². The molecule has 5 nitrogen and oxygen atoms in total. The van der Waals surface area contributed by atoms with Crippen molar-refractivity contribution < 1.29 is 5.11 Å². The molecule has 0 unspecified atom stereocenters. The molecule has 1 saturated carbocycles. The first-order chi connectivity index (χ1) is 8.54. The van der Waals surface area contributed by atoms with Gasteiger partial charge in [-0.3, -0.25) is 4.90 Å². The van der Waals surface area contributed by atoms with Crippen LogP contribution in [-0.2, 0) is 13.1 Å². The van der Waals surface area contributed by atoms with E-state index in [0.717, 1.165) is 38.3 Å². The highest BCUT2D eigenvalue weighted by molar-refractivity contribution is 4.86. The van der Waals surface area contributed by atoms with Gasteiger partial charge in [-0.25, -0.2) is 9.67 Å². The van der Waals surface area contributed by atoms with Crippen LogP contribution in [0.1, 0.15) is 32.5 Å². The standard InChI is InChI=1S/C13H24N4O/c1-10(2)6-17-13(14-9-15-17)8-16(3)7-11-4-12(18)5-11/h9-12,18H,4-8H2,1-3H3. The minimum atomic E-state index is -0.0620. The lowest BCUT2D eigenvalue weighted by atomic mass is 9.82. The van der Waals surface area contributed by atoms with Gasteiger partial charge in [0, 0.05) is 13.1 Å². The molecule has 0 radical (unpaired) electrons. The first-order valence-corrected chi connectivity index (χ1v) is 6.78. The second-order valence-electron chi connectivity index (χ2n) is 5.94. The smallest absolute Gasteiger partial charge is 0.141 e. The number of hydrogen-bond acceptors (Lipinski definition) is 4. The summed E-state index contributed by atoms with van der Waals surface area (Å²) >= 11 is 0. The lowest BCUT2D eigenvalue weighted by Gasteiger charge is -2.34. The highest BCUT2D eigenvalue weighted by Crippen LogP contribution is 2.27. The van der Waals surface area contributed by atoms with Crippen molar-refractivity contribution in [3.8, 4) is 0 Å². The zero-order valence-electron chi connectivity index (χ0n) is 11.6. The van der Waals surface area contributed by atoms with Gasteiger partial charge in [0.2, 0.25) is 0 Å². The third-order valence-electron chi connectivity index (χ3n) is 3.43. The molecule has 2 rings (SSSR count). The molecule has 0 bridgehead atoms. The molecule has 1 aliphatic carbocycles. The number of aliphatic hydroxyl groups is 1. The van der Waals surface area contributed by atoms with E-state index in [0.29, 0.717) is 11.8 Å². The second kappa shape index (κ2) is 5.80. The predicted molar refractivity (Wildman–Crippen MR) is 69.9 cm³/mol. The lowest BCUT2D eigenvalue weighted by molar-refractivity contribution is 0.0269. The van der Waals surface area contributed by atoms with Gasteiger partial charge in [-0.15, -0.1) is 0 Å². The molecule has 0 atom stereocenters. The first kappa shape index (κ1) is 13.5. The maximum atomic E-state index is 9.29. The maximum absolute atomic E-state index is 9.29. The van der Waals surface area contributed by atoms with Gasteiger partial charge >= 0.3 is 0 Å². The molecule has 5 heteroatoms. The molecule has 0 aliphatic heterocycles. The fourth-order valence-corrected chi connectivity index (χ4v) is 2.51. The van der Waals surface area contributed by atoms with Gasteiger partial charge < -0.3 is 5.11 Å². The van der Waals surface area contributed by atoms with E-state index in [9.17, 15) is 5.11 Å². The molecule has 0 saturated heterocycles. The summed E-state index contributed by atoms with van der Waals surface area (Å²) in [4.78, 5) is 6.61. The summed E-state index contributed by atoms with van der Waals surface area (Å²) in [7, 11) is 2.11. The van der Waals surface area contributed by atoms with Gasteiger partial charge in [-0.1, -0.05) is 13.8 Å². The van der Waals surface area contributed by atoms with Crippen molar-refractivity contribution in [3.05, 3.63) is 12.2 Å². The minimum Gasteiger partial charge on any atom is -0.393 e. The van der Waals surface area contributed by atoms with E-state index < -0.39 is 0 Å². The van der Waals surface area contributed by atoms with Crippen LogP contribution in [0.25, 0.3) is 0 Å². The Balaban J connectivity index is 1.82. The van der Waals surface area contributed by atoms with Gasteiger partial charge in [-0.05, 0) is 31.7 Å². The van der Waals surface area contributed by atoms with Crippen LogP contribution < -0.4 is 0 Å². The van der Waals surface area contributed by atoms with E-state index in [-0.39, 0.29) is 6.10 Å². The molecule has 1 aromatic heterocycles. The fourth-order valence-electron chi connectivity index (χ4n) is 2.51. The van der Waals surface area contributed by atoms with Crippen molar-refractivity contribution >= 4 is 0 Å². The Kier molecular flexibility index (Phi) is 4.35. The molecule has 0 spiro atoms. The molecular weight excluding hydrogens is 228 g/mol. The third kappa shape index (κ3) is 3.53. The average molecular weight is 252 g/mol. The van der Waals surface area contributed by atoms with Gasteiger partial charge in [0.15, 0.2) is 0 Å². The van der Waals surface area contributed by atoms with Crippen LogP contribution in [0.15, 0.2) is 6.33 Å². The van der Waals surface area contributed by atoms with Crippen LogP contribution in [0.5, 0.6) is 0 Å². The van der Waals surface area contributed by atoms with Gasteiger partial charge in [-0.2, -0.15) is 5.10 Å². The summed E-state index contributed by atoms with van der Waals surface area (Å²) in [6.07, 6.45) is 3.47. The predicted octanol–water partition coefficient (Wildman–Crippen LogP) is 1.14. The van der Waals surface area contributed by atoms with Crippen LogP contribution in [0, 0.1) is 11.8 Å². The van der Waals surface area contributed by atoms with Gasteiger partial charge in [0.25, 0.3) is 0 Å². The van der Waals surface area contributed by atoms with Gasteiger partial charge in [0.05, 0.1) is 12.6 Å². The molecule has 18 heavy (non-hydrogen) atoms. The van der Waals surface area contributed by atoms with Crippen LogP contribution in [-0.4, -0.2) is 44.5 Å². The monoisotopic (exact) mass is 252 g/mol. The van der Waals surface area contributed by atoms with Gasteiger partial charge in [0.1, 0.15) is 12.2 Å². The summed E-state index contributed by atoms with van der Waals surface area (Å²) in [6, 6.07) is 0. The van der Waals surface area contributed by atoms with Crippen molar-refractivity contribution in [1.82, 2.24) is 19.7 Å². The third-order valence-corrected chi connectivity index (χ3v) is 3.43. The minimum absolute atomic E-state index is 0.0620. The summed E-state index contributed by atoms with van der Waals surface area (Å²) in [5, 5.41) is 13.6. The van der Waals surface area contributed by atoms with Crippen molar-refractivity contribution in [2.45, 2.75) is 45.9 Å². The number of rotatable bonds is 6. The Bertz CT molecular complexity index is 371. The van der Waals surface area contributed by atoms with E-state index in [1.165, 1.54) is 0 Å². The molecule has 0 amide bonds. The van der Waals surface area contributed by atoms with E-state index in [1.54, 1.807) is 6.33 Å². The number of nitrogens with zero attached hydrogens (tertiary/aromatic N) is 4. The molecule has 102 valence electrons. The topological polar surface area (TPSA) is 54.2 Å². The Morgan fingerprint density at radius 3 is 2.83 bits per heavy atom. The van der Waals surface area contributed by atoms with E-state index in [1.807, 2.05) is 4.68 Å². The number of aromatic nitrogens is 3. The van der Waals surface area contributed by atoms with Crippen LogP contribution in [0.4, 0.5) is 0 Å². The zero-order valence-corrected chi connectivity index (χ0v) is 11.6. The molecule has 1 aliphatic rings. The summed E-state index contributed by atoms with van der Waals surface area (Å²) < 4.78 is 2.00. The Hall–Kier alpha value is -0.940. The normalized spacial score (nSPS) is 23.7. The fraction of sp³-hybridized carbons (Fsp3) is 0.846. The quantitative estimate of drug-likeness (QED) is 0.825. The molecule has 1 fully saturated rings. The Morgan fingerprint density at radius 2 is 2.22 bits per heavy atom.